The first-order valence-electron chi connectivity index (χ1n) is 7.07. The number of carbonyl (C=O) groups excluding carboxylic acids is 1. The quantitative estimate of drug-likeness (QED) is 0.612. The van der Waals surface area contributed by atoms with Gasteiger partial charge in [-0.15, -0.1) is 0 Å². The predicted molar refractivity (Wildman–Crippen MR) is 82.3 cm³/mol. The minimum Gasteiger partial charge on any atom is -0.481 e. The second-order valence-corrected chi connectivity index (χ2v) is 4.97. The van der Waals surface area contributed by atoms with E-state index in [1.165, 1.54) is 0 Å². The van der Waals surface area contributed by atoms with Crippen LogP contribution < -0.4 is 0 Å². The number of hydrogen-bond acceptors (Lipinski definition) is 2. The Kier molecular flexibility index (Phi) is 5.27. The number of unbranched alkanes of at least 4 members (excludes halogenated alkanes) is 1. The molecule has 0 aliphatic carbocycles. The van der Waals surface area contributed by atoms with Crippen LogP contribution in [0.15, 0.2) is 54.6 Å². The summed E-state index contributed by atoms with van der Waals surface area (Å²) in [5, 5.41) is 8.55. The van der Waals surface area contributed by atoms with E-state index < -0.39 is 5.97 Å². The number of hydrogen-bond donors (Lipinski definition) is 1. The second-order valence-electron chi connectivity index (χ2n) is 4.97. The Labute approximate surface area is 124 Å². The van der Waals surface area contributed by atoms with E-state index in [1.54, 1.807) is 0 Å². The molecule has 2 aromatic rings. The molecule has 3 nitrogen and oxygen atoms in total. The highest BCUT2D eigenvalue weighted by molar-refractivity contribution is 5.96. The van der Waals surface area contributed by atoms with Crippen molar-refractivity contribution in [1.82, 2.24) is 0 Å². The van der Waals surface area contributed by atoms with Gasteiger partial charge in [-0.2, -0.15) is 0 Å². The average Bonchev–Trinajstić information content (AvgIpc) is 2.52. The average molecular weight is 282 g/mol. The summed E-state index contributed by atoms with van der Waals surface area (Å²) in [5.41, 5.74) is 2.89. The second kappa shape index (κ2) is 7.39. The SMILES string of the molecule is O=C(O)CCCCC(=O)c1ccc(-c2ccccc2)cc1. The molecule has 0 bridgehead atoms. The summed E-state index contributed by atoms with van der Waals surface area (Å²) >= 11 is 0. The van der Waals surface area contributed by atoms with Crippen molar-refractivity contribution in [2.45, 2.75) is 25.7 Å². The number of aliphatic carboxylic acids is 1. The van der Waals surface area contributed by atoms with Crippen molar-refractivity contribution < 1.29 is 14.7 Å². The van der Waals surface area contributed by atoms with Gasteiger partial charge in [-0.3, -0.25) is 9.59 Å². The Morgan fingerprint density at radius 2 is 1.33 bits per heavy atom. The molecule has 108 valence electrons. The molecule has 0 aliphatic heterocycles. The summed E-state index contributed by atoms with van der Waals surface area (Å²) in [6, 6.07) is 17.6. The number of rotatable bonds is 7. The number of Topliss-reactive ketones (excluding diaryl/α,β-unsaturated/α-hetero) is 1. The van der Waals surface area contributed by atoms with E-state index >= 15 is 0 Å². The molecule has 0 atom stereocenters. The van der Waals surface area contributed by atoms with Crippen LogP contribution in [0.1, 0.15) is 36.0 Å². The summed E-state index contributed by atoms with van der Waals surface area (Å²) in [6.45, 7) is 0. The van der Waals surface area contributed by atoms with Gasteiger partial charge in [0.1, 0.15) is 0 Å². The summed E-state index contributed by atoms with van der Waals surface area (Å²) in [7, 11) is 0. The molecular weight excluding hydrogens is 264 g/mol. The van der Waals surface area contributed by atoms with E-state index in [0.717, 1.165) is 11.1 Å². The van der Waals surface area contributed by atoms with Crippen LogP contribution >= 0.6 is 0 Å². The maximum Gasteiger partial charge on any atom is 0.303 e. The van der Waals surface area contributed by atoms with Crippen LogP contribution in [0.3, 0.4) is 0 Å². The Morgan fingerprint density at radius 1 is 0.762 bits per heavy atom. The topological polar surface area (TPSA) is 54.4 Å². The van der Waals surface area contributed by atoms with Crippen LogP contribution in [-0.4, -0.2) is 16.9 Å². The van der Waals surface area contributed by atoms with Crippen LogP contribution in [-0.2, 0) is 4.79 Å². The molecule has 0 heterocycles. The molecule has 0 amide bonds. The lowest BCUT2D eigenvalue weighted by molar-refractivity contribution is -0.137. The van der Waals surface area contributed by atoms with Gasteiger partial charge in [-0.05, 0) is 24.0 Å². The maximum absolute atomic E-state index is 12.0. The van der Waals surface area contributed by atoms with E-state index in [9.17, 15) is 9.59 Å². The van der Waals surface area contributed by atoms with Crippen molar-refractivity contribution in [3.63, 3.8) is 0 Å². The zero-order chi connectivity index (χ0) is 15.1. The number of ketones is 1. The van der Waals surface area contributed by atoms with Crippen molar-refractivity contribution >= 4 is 11.8 Å². The van der Waals surface area contributed by atoms with Crippen molar-refractivity contribution in [1.29, 1.82) is 0 Å². The highest BCUT2D eigenvalue weighted by atomic mass is 16.4. The molecule has 0 fully saturated rings. The van der Waals surface area contributed by atoms with Gasteiger partial charge in [0.05, 0.1) is 0 Å². The molecule has 3 heteroatoms. The van der Waals surface area contributed by atoms with E-state index in [-0.39, 0.29) is 12.2 Å². The normalized spacial score (nSPS) is 10.3. The van der Waals surface area contributed by atoms with Crippen molar-refractivity contribution in [3.05, 3.63) is 60.2 Å². The maximum atomic E-state index is 12.0. The van der Waals surface area contributed by atoms with Gasteiger partial charge in [0.15, 0.2) is 5.78 Å². The van der Waals surface area contributed by atoms with Gasteiger partial charge in [0, 0.05) is 18.4 Å². The lowest BCUT2D eigenvalue weighted by Crippen LogP contribution is -2.00. The molecule has 0 aliphatic rings. The third kappa shape index (κ3) is 4.56. The molecule has 0 saturated carbocycles. The fraction of sp³-hybridized carbons (Fsp3) is 0.222. The molecule has 1 N–H and O–H groups in total. The summed E-state index contributed by atoms with van der Waals surface area (Å²) in [6.07, 6.45) is 1.69. The highest BCUT2D eigenvalue weighted by Crippen LogP contribution is 2.20. The van der Waals surface area contributed by atoms with Crippen LogP contribution in [0.25, 0.3) is 11.1 Å². The lowest BCUT2D eigenvalue weighted by atomic mass is 10.0. The fourth-order valence-corrected chi connectivity index (χ4v) is 2.19. The molecule has 0 aromatic heterocycles. The van der Waals surface area contributed by atoms with E-state index in [0.29, 0.717) is 24.8 Å². The largest absolute Gasteiger partial charge is 0.481 e. The number of benzene rings is 2. The van der Waals surface area contributed by atoms with Gasteiger partial charge >= 0.3 is 5.97 Å². The molecule has 0 saturated heterocycles. The Hall–Kier alpha value is -2.42. The third-order valence-electron chi connectivity index (χ3n) is 3.36. The van der Waals surface area contributed by atoms with E-state index in [2.05, 4.69) is 0 Å². The molecule has 0 unspecified atom stereocenters. The Balaban J connectivity index is 1.93. The number of carbonyl (C=O) groups is 2. The third-order valence-corrected chi connectivity index (χ3v) is 3.36. The molecule has 2 aromatic carbocycles. The van der Waals surface area contributed by atoms with Crippen LogP contribution in [0.2, 0.25) is 0 Å². The van der Waals surface area contributed by atoms with E-state index in [1.807, 2.05) is 54.6 Å². The summed E-state index contributed by atoms with van der Waals surface area (Å²) < 4.78 is 0. The lowest BCUT2D eigenvalue weighted by Gasteiger charge is -2.04. The van der Waals surface area contributed by atoms with Crippen LogP contribution in [0, 0.1) is 0 Å². The first-order valence-corrected chi connectivity index (χ1v) is 7.07. The minimum absolute atomic E-state index is 0.0694. The zero-order valence-corrected chi connectivity index (χ0v) is 11.8. The highest BCUT2D eigenvalue weighted by Gasteiger charge is 2.07. The Morgan fingerprint density at radius 3 is 1.95 bits per heavy atom. The predicted octanol–water partition coefficient (Wildman–Crippen LogP) is 4.18. The smallest absolute Gasteiger partial charge is 0.303 e. The Bertz CT molecular complexity index is 600. The van der Waals surface area contributed by atoms with Gasteiger partial charge in [-0.25, -0.2) is 0 Å². The van der Waals surface area contributed by atoms with Crippen molar-refractivity contribution in [2.24, 2.45) is 0 Å². The first kappa shape index (κ1) is 15.0. The van der Waals surface area contributed by atoms with Gasteiger partial charge in [0.25, 0.3) is 0 Å². The molecular formula is C18H18O3. The monoisotopic (exact) mass is 282 g/mol. The standard InChI is InChI=1S/C18H18O3/c19-17(8-4-5-9-18(20)21)16-12-10-15(11-13-16)14-6-2-1-3-7-14/h1-3,6-7,10-13H,4-5,8-9H2,(H,20,21). The zero-order valence-electron chi connectivity index (χ0n) is 11.8. The molecule has 0 spiro atoms. The van der Waals surface area contributed by atoms with Crippen LogP contribution in [0.4, 0.5) is 0 Å². The molecule has 0 radical (unpaired) electrons. The molecule has 2 rings (SSSR count). The summed E-state index contributed by atoms with van der Waals surface area (Å²) in [4.78, 5) is 22.4. The van der Waals surface area contributed by atoms with E-state index in [4.69, 9.17) is 5.11 Å². The summed E-state index contributed by atoms with van der Waals surface area (Å²) in [5.74, 6) is -0.741. The van der Waals surface area contributed by atoms with Gasteiger partial charge in [0.2, 0.25) is 0 Å². The minimum atomic E-state index is -0.810. The first-order chi connectivity index (χ1) is 10.2. The fourth-order valence-electron chi connectivity index (χ4n) is 2.19. The van der Waals surface area contributed by atoms with Crippen LogP contribution in [0.5, 0.6) is 0 Å². The number of carboxylic acid groups (broad SMARTS) is 1. The number of carboxylic acids is 1. The molecule has 21 heavy (non-hydrogen) atoms. The van der Waals surface area contributed by atoms with Gasteiger partial charge in [-0.1, -0.05) is 54.6 Å². The van der Waals surface area contributed by atoms with Crippen molar-refractivity contribution in [3.8, 4) is 11.1 Å². The van der Waals surface area contributed by atoms with Gasteiger partial charge < -0.3 is 5.11 Å². The van der Waals surface area contributed by atoms with Crippen molar-refractivity contribution in [2.75, 3.05) is 0 Å².